The number of halogens is 1. The molecule has 1 aromatic rings. The van der Waals surface area contributed by atoms with E-state index < -0.39 is 13.4 Å². The van der Waals surface area contributed by atoms with E-state index in [4.69, 9.17) is 9.05 Å². The van der Waals surface area contributed by atoms with Gasteiger partial charge < -0.3 is 14.2 Å². The molecule has 0 unspecified atom stereocenters. The van der Waals surface area contributed by atoms with Crippen LogP contribution in [0.1, 0.15) is 25.3 Å². The molecular formula is C11H16BrO4P. The van der Waals surface area contributed by atoms with Crippen LogP contribution < -0.4 is 0 Å². The average molecular weight is 323 g/mol. The second-order valence-electron chi connectivity index (χ2n) is 3.30. The van der Waals surface area contributed by atoms with Gasteiger partial charge >= 0.3 is 7.60 Å². The SMILES string of the molecule is CCOP(=O)(OCC)[C@@H](O)c1cccc(Br)c1. The third kappa shape index (κ3) is 3.90. The fourth-order valence-electron chi connectivity index (χ4n) is 1.39. The maximum Gasteiger partial charge on any atom is 0.363 e. The Morgan fingerprint density at radius 1 is 1.35 bits per heavy atom. The third-order valence-corrected chi connectivity index (χ3v) is 4.69. The largest absolute Gasteiger partial charge is 0.376 e. The minimum atomic E-state index is -3.52. The Hall–Kier alpha value is -0.190. The summed E-state index contributed by atoms with van der Waals surface area (Å²) in [5.41, 5.74) is 0.504. The van der Waals surface area contributed by atoms with Crippen LogP contribution in [0, 0.1) is 0 Å². The lowest BCUT2D eigenvalue weighted by molar-refractivity contribution is 0.150. The van der Waals surface area contributed by atoms with Gasteiger partial charge in [0, 0.05) is 4.47 Å². The van der Waals surface area contributed by atoms with Crippen molar-refractivity contribution in [1.29, 1.82) is 0 Å². The first-order valence-corrected chi connectivity index (χ1v) is 7.76. The summed E-state index contributed by atoms with van der Waals surface area (Å²) in [5.74, 6) is -1.26. The minimum absolute atomic E-state index is 0.225. The molecule has 0 aliphatic heterocycles. The van der Waals surface area contributed by atoms with Gasteiger partial charge in [0.2, 0.25) is 0 Å². The molecule has 0 heterocycles. The molecule has 1 atom stereocenters. The van der Waals surface area contributed by atoms with E-state index in [1.807, 2.05) is 6.07 Å². The number of hydrogen-bond acceptors (Lipinski definition) is 4. The third-order valence-electron chi connectivity index (χ3n) is 2.06. The van der Waals surface area contributed by atoms with Gasteiger partial charge in [0.05, 0.1) is 13.2 Å². The average Bonchev–Trinajstić information content (AvgIpc) is 2.28. The van der Waals surface area contributed by atoms with Crippen LogP contribution >= 0.6 is 23.5 Å². The zero-order chi connectivity index (χ0) is 12.9. The normalized spacial score (nSPS) is 13.6. The molecule has 1 rings (SSSR count). The molecule has 6 heteroatoms. The lowest BCUT2D eigenvalue weighted by atomic mass is 10.2. The Labute approximate surface area is 110 Å². The van der Waals surface area contributed by atoms with Crippen molar-refractivity contribution in [2.45, 2.75) is 19.7 Å². The molecule has 0 spiro atoms. The molecule has 1 N–H and O–H groups in total. The summed E-state index contributed by atoms with van der Waals surface area (Å²) in [5, 5.41) is 10.1. The molecular weight excluding hydrogens is 307 g/mol. The molecule has 0 saturated heterocycles. The van der Waals surface area contributed by atoms with Crippen molar-refractivity contribution in [2.24, 2.45) is 0 Å². The standard InChI is InChI=1S/C11H16BrO4P/c1-3-15-17(14,16-4-2)11(13)9-6-5-7-10(12)8-9/h5-8,11,13H,3-4H2,1-2H3/t11-/m1/s1. The van der Waals surface area contributed by atoms with Crippen molar-refractivity contribution in [3.63, 3.8) is 0 Å². The fraction of sp³-hybridized carbons (Fsp3) is 0.455. The lowest BCUT2D eigenvalue weighted by Gasteiger charge is -2.22. The molecule has 0 aliphatic carbocycles. The van der Waals surface area contributed by atoms with E-state index in [-0.39, 0.29) is 13.2 Å². The molecule has 0 fully saturated rings. The molecule has 0 aliphatic rings. The molecule has 0 bridgehead atoms. The summed E-state index contributed by atoms with van der Waals surface area (Å²) in [6, 6.07) is 6.95. The highest BCUT2D eigenvalue weighted by Crippen LogP contribution is 2.59. The first-order chi connectivity index (χ1) is 8.03. The maximum absolute atomic E-state index is 12.3. The number of benzene rings is 1. The zero-order valence-corrected chi connectivity index (χ0v) is 12.3. The molecule has 0 amide bonds. The Morgan fingerprint density at radius 3 is 2.41 bits per heavy atom. The van der Waals surface area contributed by atoms with Crippen molar-refractivity contribution < 1.29 is 18.7 Å². The number of aliphatic hydroxyl groups excluding tert-OH is 1. The lowest BCUT2D eigenvalue weighted by Crippen LogP contribution is -2.06. The van der Waals surface area contributed by atoms with Crippen LogP contribution in [0.25, 0.3) is 0 Å². The van der Waals surface area contributed by atoms with E-state index >= 15 is 0 Å². The summed E-state index contributed by atoms with van der Waals surface area (Å²) in [7, 11) is -3.52. The molecule has 17 heavy (non-hydrogen) atoms. The highest BCUT2D eigenvalue weighted by molar-refractivity contribution is 9.10. The maximum atomic E-state index is 12.3. The van der Waals surface area contributed by atoms with E-state index in [1.165, 1.54) is 0 Å². The number of aliphatic hydroxyl groups is 1. The molecule has 1 aromatic carbocycles. The zero-order valence-electron chi connectivity index (χ0n) is 9.80. The summed E-state index contributed by atoms with van der Waals surface area (Å²) in [6.45, 7) is 3.86. The van der Waals surface area contributed by atoms with E-state index in [1.54, 1.807) is 32.0 Å². The second-order valence-corrected chi connectivity index (χ2v) is 6.30. The van der Waals surface area contributed by atoms with Gasteiger partial charge in [0.1, 0.15) is 0 Å². The molecule has 0 radical (unpaired) electrons. The minimum Gasteiger partial charge on any atom is -0.376 e. The van der Waals surface area contributed by atoms with Crippen LogP contribution in [0.5, 0.6) is 0 Å². The van der Waals surface area contributed by atoms with Crippen molar-refractivity contribution in [3.8, 4) is 0 Å². The van der Waals surface area contributed by atoms with Crippen LogP contribution in [-0.4, -0.2) is 18.3 Å². The van der Waals surface area contributed by atoms with Gasteiger partial charge in [-0.3, -0.25) is 4.57 Å². The Balaban J connectivity index is 2.99. The van der Waals surface area contributed by atoms with Crippen LogP contribution in [0.3, 0.4) is 0 Å². The van der Waals surface area contributed by atoms with E-state index in [9.17, 15) is 9.67 Å². The van der Waals surface area contributed by atoms with Crippen molar-refractivity contribution >= 4 is 23.5 Å². The van der Waals surface area contributed by atoms with Crippen LogP contribution in [0.2, 0.25) is 0 Å². The predicted octanol–water partition coefficient (Wildman–Crippen LogP) is 3.71. The molecule has 96 valence electrons. The molecule has 4 nitrogen and oxygen atoms in total. The van der Waals surface area contributed by atoms with Gasteiger partial charge in [-0.05, 0) is 31.5 Å². The Morgan fingerprint density at radius 2 is 1.94 bits per heavy atom. The van der Waals surface area contributed by atoms with Gasteiger partial charge in [-0.2, -0.15) is 0 Å². The number of rotatable bonds is 6. The van der Waals surface area contributed by atoms with Gasteiger partial charge in [-0.1, -0.05) is 28.1 Å². The summed E-state index contributed by atoms with van der Waals surface area (Å²) in [4.78, 5) is 0. The van der Waals surface area contributed by atoms with Crippen molar-refractivity contribution in [3.05, 3.63) is 34.3 Å². The highest BCUT2D eigenvalue weighted by atomic mass is 79.9. The summed E-state index contributed by atoms with van der Waals surface area (Å²) in [6.07, 6.45) is 0. The molecule has 0 aromatic heterocycles. The number of hydrogen-bond donors (Lipinski definition) is 1. The predicted molar refractivity (Wildman–Crippen MR) is 70.0 cm³/mol. The monoisotopic (exact) mass is 322 g/mol. The Kier molecular flexibility index (Phi) is 5.83. The quantitative estimate of drug-likeness (QED) is 0.811. The van der Waals surface area contributed by atoms with Gasteiger partial charge in [0.25, 0.3) is 0 Å². The Bertz CT molecular complexity index is 400. The van der Waals surface area contributed by atoms with Crippen LogP contribution in [0.15, 0.2) is 28.7 Å². The van der Waals surface area contributed by atoms with E-state index in [0.717, 1.165) is 4.47 Å². The summed E-state index contributed by atoms with van der Waals surface area (Å²) >= 11 is 3.29. The topological polar surface area (TPSA) is 55.8 Å². The van der Waals surface area contributed by atoms with Gasteiger partial charge in [0.15, 0.2) is 5.85 Å². The van der Waals surface area contributed by atoms with E-state index in [0.29, 0.717) is 5.56 Å². The smallest absolute Gasteiger partial charge is 0.363 e. The second kappa shape index (κ2) is 6.66. The van der Waals surface area contributed by atoms with Gasteiger partial charge in [-0.25, -0.2) is 0 Å². The first kappa shape index (κ1) is 14.9. The van der Waals surface area contributed by atoms with Crippen molar-refractivity contribution in [1.82, 2.24) is 0 Å². The first-order valence-electron chi connectivity index (χ1n) is 5.35. The summed E-state index contributed by atoms with van der Waals surface area (Å²) < 4.78 is 23.3. The van der Waals surface area contributed by atoms with Crippen molar-refractivity contribution in [2.75, 3.05) is 13.2 Å². The molecule has 0 saturated carbocycles. The van der Waals surface area contributed by atoms with Gasteiger partial charge in [-0.15, -0.1) is 0 Å². The fourth-order valence-corrected chi connectivity index (χ4v) is 3.41. The van der Waals surface area contributed by atoms with E-state index in [2.05, 4.69) is 15.9 Å². The van der Waals surface area contributed by atoms with Crippen LogP contribution in [-0.2, 0) is 13.6 Å². The van der Waals surface area contributed by atoms with Crippen LogP contribution in [0.4, 0.5) is 0 Å². The highest BCUT2D eigenvalue weighted by Gasteiger charge is 2.35.